The Balaban J connectivity index is 1.57. The highest BCUT2D eigenvalue weighted by atomic mass is 16.5. The summed E-state index contributed by atoms with van der Waals surface area (Å²) in [4.78, 5) is 15.9. The molecule has 0 atom stereocenters. The molecule has 0 spiro atoms. The van der Waals surface area contributed by atoms with E-state index >= 15 is 0 Å². The number of ether oxygens (including phenoxy) is 1. The highest BCUT2D eigenvalue weighted by Gasteiger charge is 2.45. The molecule has 0 bridgehead atoms. The van der Waals surface area contributed by atoms with E-state index in [0.29, 0.717) is 5.75 Å². The van der Waals surface area contributed by atoms with E-state index in [1.807, 2.05) is 18.2 Å². The van der Waals surface area contributed by atoms with Crippen molar-refractivity contribution in [3.05, 3.63) is 60.4 Å². The Bertz CT molecular complexity index is 580. The van der Waals surface area contributed by atoms with Crippen LogP contribution in [0.2, 0.25) is 0 Å². The lowest BCUT2D eigenvalue weighted by Crippen LogP contribution is -2.38. The van der Waals surface area contributed by atoms with E-state index in [4.69, 9.17) is 4.74 Å². The summed E-state index contributed by atoms with van der Waals surface area (Å²) < 4.78 is 5.40. The van der Waals surface area contributed by atoms with Gasteiger partial charge in [0.1, 0.15) is 5.75 Å². The minimum absolute atomic E-state index is 0.0142. The van der Waals surface area contributed by atoms with Gasteiger partial charge in [-0.25, -0.2) is 0 Å². The summed E-state index contributed by atoms with van der Waals surface area (Å²) in [6.07, 6.45) is 5.23. The number of benzene rings is 1. The third-order valence-corrected chi connectivity index (χ3v) is 3.46. The third-order valence-electron chi connectivity index (χ3n) is 3.46. The van der Waals surface area contributed by atoms with Gasteiger partial charge in [0.25, 0.3) is 5.91 Å². The van der Waals surface area contributed by atoms with Crippen molar-refractivity contribution in [3.63, 3.8) is 0 Å². The van der Waals surface area contributed by atoms with Gasteiger partial charge in [-0.05, 0) is 30.5 Å². The Labute approximate surface area is 117 Å². The van der Waals surface area contributed by atoms with E-state index in [1.165, 1.54) is 0 Å². The van der Waals surface area contributed by atoms with Gasteiger partial charge < -0.3 is 10.1 Å². The summed E-state index contributed by atoms with van der Waals surface area (Å²) in [5.74, 6) is 0.502. The second-order valence-electron chi connectivity index (χ2n) is 4.97. The maximum Gasteiger partial charge on any atom is 0.258 e. The quantitative estimate of drug-likeness (QED) is 0.905. The van der Waals surface area contributed by atoms with Crippen LogP contribution in [0.3, 0.4) is 0 Å². The number of nitrogens with zero attached hydrogens (tertiary/aromatic N) is 1. The molecule has 3 rings (SSSR count). The Morgan fingerprint density at radius 1 is 1.20 bits per heavy atom. The van der Waals surface area contributed by atoms with Crippen molar-refractivity contribution in [2.24, 2.45) is 0 Å². The summed E-state index contributed by atoms with van der Waals surface area (Å²) >= 11 is 0. The van der Waals surface area contributed by atoms with Crippen molar-refractivity contribution in [1.29, 1.82) is 0 Å². The zero-order valence-electron chi connectivity index (χ0n) is 11.1. The molecule has 1 aliphatic carbocycles. The first-order chi connectivity index (χ1) is 9.78. The minimum atomic E-state index is -0.184. The fourth-order valence-electron chi connectivity index (χ4n) is 2.25. The van der Waals surface area contributed by atoms with Gasteiger partial charge in [0.2, 0.25) is 0 Å². The van der Waals surface area contributed by atoms with Gasteiger partial charge >= 0.3 is 0 Å². The number of carbonyl (C=O) groups excluding carboxylic acids is 1. The van der Waals surface area contributed by atoms with Crippen molar-refractivity contribution >= 4 is 5.91 Å². The number of nitrogens with one attached hydrogen (secondary N) is 1. The molecule has 1 heterocycles. The molecule has 1 fully saturated rings. The first-order valence-electron chi connectivity index (χ1n) is 6.68. The lowest BCUT2D eigenvalue weighted by molar-refractivity contribution is -0.124. The molecule has 20 heavy (non-hydrogen) atoms. The number of carbonyl (C=O) groups is 1. The highest BCUT2D eigenvalue weighted by Crippen LogP contribution is 2.45. The molecule has 0 radical (unpaired) electrons. The van der Waals surface area contributed by atoms with Crippen molar-refractivity contribution in [1.82, 2.24) is 10.3 Å². The molecule has 1 aromatic carbocycles. The van der Waals surface area contributed by atoms with Crippen LogP contribution < -0.4 is 10.1 Å². The summed E-state index contributed by atoms with van der Waals surface area (Å²) in [7, 11) is 0. The Kier molecular flexibility index (Phi) is 3.37. The number of aromatic nitrogens is 1. The van der Waals surface area contributed by atoms with Crippen molar-refractivity contribution in [3.8, 4) is 5.75 Å². The Hall–Kier alpha value is -2.36. The number of amides is 1. The molecule has 1 aliphatic rings. The van der Waals surface area contributed by atoms with Gasteiger partial charge in [-0.3, -0.25) is 9.78 Å². The molecule has 1 saturated carbocycles. The average Bonchev–Trinajstić information content (AvgIpc) is 3.28. The van der Waals surface area contributed by atoms with Crippen LogP contribution in [0.4, 0.5) is 0 Å². The Morgan fingerprint density at radius 3 is 2.65 bits per heavy atom. The minimum Gasteiger partial charge on any atom is -0.482 e. The maximum absolute atomic E-state index is 12.0. The van der Waals surface area contributed by atoms with Gasteiger partial charge in [-0.2, -0.15) is 0 Å². The molecule has 4 nitrogen and oxygen atoms in total. The summed E-state index contributed by atoms with van der Waals surface area (Å²) in [5.41, 5.74) is 0.978. The van der Waals surface area contributed by atoms with Crippen molar-refractivity contribution in [2.75, 3.05) is 6.61 Å². The molecule has 0 saturated heterocycles. The van der Waals surface area contributed by atoms with E-state index in [-0.39, 0.29) is 18.1 Å². The van der Waals surface area contributed by atoms with Gasteiger partial charge in [0.15, 0.2) is 6.61 Å². The Morgan fingerprint density at radius 2 is 2.00 bits per heavy atom. The number of rotatable bonds is 5. The largest absolute Gasteiger partial charge is 0.482 e. The van der Waals surface area contributed by atoms with E-state index in [9.17, 15) is 4.79 Å². The van der Waals surface area contributed by atoms with E-state index in [2.05, 4.69) is 22.4 Å². The lowest BCUT2D eigenvalue weighted by atomic mass is 10.1. The van der Waals surface area contributed by atoms with Crippen LogP contribution in [-0.2, 0) is 10.3 Å². The fraction of sp³-hybridized carbons (Fsp3) is 0.250. The topological polar surface area (TPSA) is 51.2 Å². The second kappa shape index (κ2) is 5.33. The molecule has 4 heteroatoms. The first-order valence-corrected chi connectivity index (χ1v) is 6.68. The summed E-state index contributed by atoms with van der Waals surface area (Å²) in [5, 5.41) is 3.07. The SMILES string of the molecule is O=C(COc1cccnc1)NC1(c2ccccc2)CC1. The lowest BCUT2D eigenvalue weighted by Gasteiger charge is -2.18. The number of hydrogen-bond donors (Lipinski definition) is 1. The van der Waals surface area contributed by atoms with E-state index in [0.717, 1.165) is 18.4 Å². The van der Waals surface area contributed by atoms with Crippen LogP contribution >= 0.6 is 0 Å². The molecule has 0 aliphatic heterocycles. The molecule has 1 aromatic heterocycles. The van der Waals surface area contributed by atoms with Crippen LogP contribution in [0, 0.1) is 0 Å². The average molecular weight is 268 g/mol. The van der Waals surface area contributed by atoms with E-state index in [1.54, 1.807) is 24.5 Å². The summed E-state index contributed by atoms with van der Waals surface area (Å²) in [6, 6.07) is 13.6. The normalized spacial score (nSPS) is 15.4. The van der Waals surface area contributed by atoms with Crippen LogP contribution in [0.15, 0.2) is 54.9 Å². The molecule has 102 valence electrons. The van der Waals surface area contributed by atoms with Crippen molar-refractivity contribution in [2.45, 2.75) is 18.4 Å². The molecular weight excluding hydrogens is 252 g/mol. The van der Waals surface area contributed by atoms with Gasteiger partial charge in [-0.1, -0.05) is 30.3 Å². The molecular formula is C16H16N2O2. The third kappa shape index (κ3) is 2.79. The molecule has 0 unspecified atom stereocenters. The monoisotopic (exact) mass is 268 g/mol. The fourth-order valence-corrected chi connectivity index (χ4v) is 2.25. The van der Waals surface area contributed by atoms with Crippen LogP contribution in [0.5, 0.6) is 5.75 Å². The standard InChI is InChI=1S/C16H16N2O2/c19-15(12-20-14-7-4-10-17-11-14)18-16(8-9-16)13-5-2-1-3-6-13/h1-7,10-11H,8-9,12H2,(H,18,19). The molecule has 1 amide bonds. The van der Waals surface area contributed by atoms with Gasteiger partial charge in [0, 0.05) is 6.20 Å². The van der Waals surface area contributed by atoms with Crippen LogP contribution in [0.1, 0.15) is 18.4 Å². The van der Waals surface area contributed by atoms with Crippen LogP contribution in [0.25, 0.3) is 0 Å². The van der Waals surface area contributed by atoms with E-state index < -0.39 is 0 Å². The molecule has 1 N–H and O–H groups in total. The van der Waals surface area contributed by atoms with Crippen LogP contribution in [-0.4, -0.2) is 17.5 Å². The summed E-state index contributed by atoms with van der Waals surface area (Å²) in [6.45, 7) is 0.0142. The predicted octanol–water partition coefficient (Wildman–Crippen LogP) is 2.27. The predicted molar refractivity (Wildman–Crippen MR) is 75.2 cm³/mol. The number of hydrogen-bond acceptors (Lipinski definition) is 3. The van der Waals surface area contributed by atoms with Crippen molar-refractivity contribution < 1.29 is 9.53 Å². The zero-order chi connectivity index (χ0) is 13.8. The zero-order valence-corrected chi connectivity index (χ0v) is 11.1. The number of pyridine rings is 1. The highest BCUT2D eigenvalue weighted by molar-refractivity contribution is 5.79. The second-order valence-corrected chi connectivity index (χ2v) is 4.97. The molecule has 2 aromatic rings. The smallest absolute Gasteiger partial charge is 0.258 e. The first kappa shape index (κ1) is 12.7. The van der Waals surface area contributed by atoms with Gasteiger partial charge in [-0.15, -0.1) is 0 Å². The van der Waals surface area contributed by atoms with Gasteiger partial charge in [0.05, 0.1) is 11.7 Å². The maximum atomic E-state index is 12.0.